The quantitative estimate of drug-likeness (QED) is 0.199. The molecule has 2 heterocycles. The fraction of sp³-hybridized carbons (Fsp3) is 0.0222. The van der Waals surface area contributed by atoms with Crippen molar-refractivity contribution in [3.05, 3.63) is 192 Å². The lowest BCUT2D eigenvalue weighted by atomic mass is 9.66. The number of benzene rings is 7. The number of aromatic nitrogens is 2. The van der Waals surface area contributed by atoms with Crippen LogP contribution in [0.5, 0.6) is 11.5 Å². The summed E-state index contributed by atoms with van der Waals surface area (Å²) in [5.74, 6) is 2.44. The van der Waals surface area contributed by atoms with E-state index in [2.05, 4.69) is 152 Å². The van der Waals surface area contributed by atoms with Gasteiger partial charge in [0.25, 0.3) is 0 Å². The highest BCUT2D eigenvalue weighted by Crippen LogP contribution is 2.62. The van der Waals surface area contributed by atoms with Crippen molar-refractivity contribution in [2.24, 2.45) is 0 Å². The first kappa shape index (κ1) is 26.9. The number of ether oxygens (including phenoxy) is 1. The Kier molecular flexibility index (Phi) is 5.79. The van der Waals surface area contributed by atoms with E-state index in [0.717, 1.165) is 50.7 Å². The molecule has 0 N–H and O–H groups in total. The largest absolute Gasteiger partial charge is 0.457 e. The van der Waals surface area contributed by atoms with Gasteiger partial charge in [-0.2, -0.15) is 0 Å². The predicted molar refractivity (Wildman–Crippen MR) is 193 cm³/mol. The molecule has 0 saturated heterocycles. The molecule has 0 amide bonds. The molecule has 1 aromatic heterocycles. The van der Waals surface area contributed by atoms with Crippen LogP contribution in [0.25, 0.3) is 55.8 Å². The van der Waals surface area contributed by atoms with E-state index in [0.29, 0.717) is 5.82 Å². The first-order valence-electron chi connectivity index (χ1n) is 16.3. The second-order valence-electron chi connectivity index (χ2n) is 12.5. The minimum atomic E-state index is -0.538. The van der Waals surface area contributed by atoms with Crippen molar-refractivity contribution in [2.75, 3.05) is 0 Å². The van der Waals surface area contributed by atoms with Crippen molar-refractivity contribution in [2.45, 2.75) is 5.41 Å². The Balaban J connectivity index is 1.23. The summed E-state index contributed by atoms with van der Waals surface area (Å²) in [5, 5.41) is 2.39. The second-order valence-corrected chi connectivity index (χ2v) is 12.5. The van der Waals surface area contributed by atoms with Gasteiger partial charge < -0.3 is 4.74 Å². The van der Waals surface area contributed by atoms with Crippen molar-refractivity contribution in [1.29, 1.82) is 0 Å². The van der Waals surface area contributed by atoms with Crippen molar-refractivity contribution in [1.82, 2.24) is 9.97 Å². The van der Waals surface area contributed by atoms with Gasteiger partial charge in [-0.15, -0.1) is 0 Å². The lowest BCUT2D eigenvalue weighted by molar-refractivity contribution is 0.436. The molecule has 48 heavy (non-hydrogen) atoms. The average molecular weight is 613 g/mol. The number of para-hydroxylation sites is 1. The summed E-state index contributed by atoms with van der Waals surface area (Å²) in [6.45, 7) is 0. The van der Waals surface area contributed by atoms with Gasteiger partial charge in [0.1, 0.15) is 11.5 Å². The molecule has 3 heteroatoms. The molecule has 1 aliphatic carbocycles. The summed E-state index contributed by atoms with van der Waals surface area (Å²) in [6, 6.07) is 60.0. The van der Waals surface area contributed by atoms with Crippen molar-refractivity contribution in [3.63, 3.8) is 0 Å². The maximum Gasteiger partial charge on any atom is 0.160 e. The van der Waals surface area contributed by atoms with E-state index in [1.54, 1.807) is 0 Å². The van der Waals surface area contributed by atoms with E-state index in [1.807, 2.05) is 18.2 Å². The van der Waals surface area contributed by atoms with Crippen LogP contribution in [0.4, 0.5) is 0 Å². The molecule has 7 aromatic carbocycles. The summed E-state index contributed by atoms with van der Waals surface area (Å²) in [6.07, 6.45) is 0. The van der Waals surface area contributed by atoms with E-state index in [1.165, 1.54) is 33.0 Å². The van der Waals surface area contributed by atoms with Crippen LogP contribution in [0.2, 0.25) is 0 Å². The molecule has 0 atom stereocenters. The van der Waals surface area contributed by atoms with Crippen LogP contribution in [0.15, 0.2) is 170 Å². The van der Waals surface area contributed by atoms with E-state index in [-0.39, 0.29) is 0 Å². The summed E-state index contributed by atoms with van der Waals surface area (Å²) in [7, 11) is 0. The maximum absolute atomic E-state index is 6.68. The molecule has 0 fully saturated rings. The maximum atomic E-state index is 6.68. The van der Waals surface area contributed by atoms with Gasteiger partial charge in [0.15, 0.2) is 5.82 Å². The molecule has 0 unspecified atom stereocenters. The minimum absolute atomic E-state index is 0.538. The van der Waals surface area contributed by atoms with Gasteiger partial charge >= 0.3 is 0 Å². The summed E-state index contributed by atoms with van der Waals surface area (Å²) < 4.78 is 6.68. The molecule has 224 valence electrons. The Labute approximate surface area is 278 Å². The van der Waals surface area contributed by atoms with Gasteiger partial charge in [-0.3, -0.25) is 0 Å². The number of nitrogens with zero attached hydrogens (tertiary/aromatic N) is 2. The Morgan fingerprint density at radius 1 is 0.375 bits per heavy atom. The number of fused-ring (bicyclic) bond motifs is 10. The molecule has 1 aliphatic heterocycles. The third kappa shape index (κ3) is 3.88. The smallest absolute Gasteiger partial charge is 0.160 e. The van der Waals surface area contributed by atoms with E-state index >= 15 is 0 Å². The molecular formula is C45H28N2O. The minimum Gasteiger partial charge on any atom is -0.457 e. The van der Waals surface area contributed by atoms with Gasteiger partial charge in [0.05, 0.1) is 16.8 Å². The van der Waals surface area contributed by atoms with E-state index in [4.69, 9.17) is 14.7 Å². The van der Waals surface area contributed by atoms with Crippen LogP contribution < -0.4 is 4.74 Å². The van der Waals surface area contributed by atoms with Gasteiger partial charge in [-0.25, -0.2) is 9.97 Å². The van der Waals surface area contributed by atoms with Crippen LogP contribution in [-0.4, -0.2) is 9.97 Å². The molecule has 0 saturated carbocycles. The van der Waals surface area contributed by atoms with Crippen molar-refractivity contribution < 1.29 is 4.74 Å². The zero-order valence-corrected chi connectivity index (χ0v) is 26.0. The van der Waals surface area contributed by atoms with Crippen molar-refractivity contribution in [3.8, 4) is 56.5 Å². The highest BCUT2D eigenvalue weighted by Gasteiger charge is 2.51. The molecular weight excluding hydrogens is 585 g/mol. The zero-order valence-electron chi connectivity index (χ0n) is 26.0. The number of hydrogen-bond acceptors (Lipinski definition) is 3. The van der Waals surface area contributed by atoms with Crippen LogP contribution >= 0.6 is 0 Å². The standard InChI is InChI=1S/C45H28N2O/c1-2-13-30(14-3-1)44-46-40(32-23-22-29-12-4-5-15-31(29)26-32)28-41(47-44)33-24-25-43-39(27-33)45(38-20-10-11-21-42(38)48-43)36-18-8-6-16-34(36)35-17-7-9-19-37(35)45/h1-28H. The molecule has 1 spiro atoms. The SMILES string of the molecule is c1ccc(-c2nc(-c3ccc4c(c3)C3(c5ccccc5O4)c4ccccc4-c4ccccc43)cc(-c3ccc4ccccc4c3)n2)cc1. The molecule has 10 rings (SSSR count). The Morgan fingerprint density at radius 2 is 0.938 bits per heavy atom. The normalized spacial score (nSPS) is 13.3. The van der Waals surface area contributed by atoms with Crippen LogP contribution in [0, 0.1) is 0 Å². The summed E-state index contributed by atoms with van der Waals surface area (Å²) in [5.41, 5.74) is 11.6. The summed E-state index contributed by atoms with van der Waals surface area (Å²) in [4.78, 5) is 10.3. The van der Waals surface area contributed by atoms with E-state index < -0.39 is 5.41 Å². The monoisotopic (exact) mass is 612 g/mol. The highest BCUT2D eigenvalue weighted by molar-refractivity contribution is 5.90. The lowest BCUT2D eigenvalue weighted by Crippen LogP contribution is -2.32. The van der Waals surface area contributed by atoms with E-state index in [9.17, 15) is 0 Å². The molecule has 0 bridgehead atoms. The van der Waals surface area contributed by atoms with Gasteiger partial charge in [0.2, 0.25) is 0 Å². The van der Waals surface area contributed by atoms with Gasteiger partial charge in [0, 0.05) is 27.8 Å². The lowest BCUT2D eigenvalue weighted by Gasteiger charge is -2.39. The number of hydrogen-bond donors (Lipinski definition) is 0. The number of rotatable bonds is 3. The van der Waals surface area contributed by atoms with Gasteiger partial charge in [-0.05, 0) is 69.4 Å². The van der Waals surface area contributed by atoms with Crippen molar-refractivity contribution >= 4 is 10.8 Å². The Hall–Kier alpha value is -6.32. The van der Waals surface area contributed by atoms with Gasteiger partial charge in [-0.1, -0.05) is 133 Å². The third-order valence-corrected chi connectivity index (χ3v) is 9.95. The third-order valence-electron chi connectivity index (χ3n) is 9.95. The molecule has 0 radical (unpaired) electrons. The molecule has 3 nitrogen and oxygen atoms in total. The predicted octanol–water partition coefficient (Wildman–Crippen LogP) is 11.1. The first-order chi connectivity index (χ1) is 23.8. The van der Waals surface area contributed by atoms with Crippen LogP contribution in [0.1, 0.15) is 22.3 Å². The fourth-order valence-electron chi connectivity index (χ4n) is 7.82. The summed E-state index contributed by atoms with van der Waals surface area (Å²) >= 11 is 0. The topological polar surface area (TPSA) is 35.0 Å². The molecule has 8 aromatic rings. The van der Waals surface area contributed by atoms with Crippen LogP contribution in [-0.2, 0) is 5.41 Å². The first-order valence-corrected chi connectivity index (χ1v) is 16.3. The zero-order chi connectivity index (χ0) is 31.7. The Bertz CT molecular complexity index is 2510. The fourth-order valence-corrected chi connectivity index (χ4v) is 7.82. The van der Waals surface area contributed by atoms with Crippen LogP contribution in [0.3, 0.4) is 0 Å². The second kappa shape index (κ2) is 10.3. The highest BCUT2D eigenvalue weighted by atomic mass is 16.5. The average Bonchev–Trinajstić information content (AvgIpc) is 3.45. The Morgan fingerprint density at radius 3 is 1.69 bits per heavy atom. The molecule has 2 aliphatic rings.